The van der Waals surface area contributed by atoms with E-state index in [1.807, 2.05) is 35.0 Å². The van der Waals surface area contributed by atoms with E-state index in [1.54, 1.807) is 31.6 Å². The molecule has 0 saturated heterocycles. The average Bonchev–Trinajstić information content (AvgIpc) is 3.14. The number of thiophene rings is 1. The van der Waals surface area contributed by atoms with Gasteiger partial charge < -0.3 is 20.1 Å². The highest BCUT2D eigenvalue weighted by molar-refractivity contribution is 7.07. The Kier molecular flexibility index (Phi) is 6.77. The normalized spacial score (nSPS) is 11.6. The Labute approximate surface area is 144 Å². The maximum absolute atomic E-state index is 11.9. The van der Waals surface area contributed by atoms with E-state index in [-0.39, 0.29) is 19.2 Å². The number of carbonyl (C=O) groups excluding carboxylic acids is 2. The molecule has 0 aliphatic heterocycles. The molecule has 1 heterocycles. The van der Waals surface area contributed by atoms with Crippen molar-refractivity contribution >= 4 is 23.2 Å². The Morgan fingerprint density at radius 2 is 1.96 bits per heavy atom. The minimum Gasteiger partial charge on any atom is -0.497 e. The molecule has 0 aliphatic carbocycles. The van der Waals surface area contributed by atoms with Crippen LogP contribution in [-0.2, 0) is 20.9 Å². The standard InChI is InChI=1S/C17H20N2O4S/c1-22-14-5-3-4-12(8-14)9-18-16(20)17(21)19-10-15(23-2)13-6-7-24-11-13/h3-8,11,15H,9-10H2,1-2H3,(H,18,20)(H,19,21). The lowest BCUT2D eigenvalue weighted by molar-refractivity contribution is -0.139. The molecule has 2 rings (SSSR count). The molecule has 6 nitrogen and oxygen atoms in total. The van der Waals surface area contributed by atoms with Crippen LogP contribution in [-0.4, -0.2) is 32.6 Å². The average molecular weight is 348 g/mol. The molecule has 1 unspecified atom stereocenters. The molecule has 2 amide bonds. The van der Waals surface area contributed by atoms with Gasteiger partial charge in [0.1, 0.15) is 11.9 Å². The topological polar surface area (TPSA) is 76.7 Å². The van der Waals surface area contributed by atoms with Crippen LogP contribution >= 0.6 is 11.3 Å². The summed E-state index contributed by atoms with van der Waals surface area (Å²) in [6.07, 6.45) is -0.272. The van der Waals surface area contributed by atoms with Crippen molar-refractivity contribution in [2.45, 2.75) is 12.6 Å². The van der Waals surface area contributed by atoms with Gasteiger partial charge in [0.15, 0.2) is 0 Å². The summed E-state index contributed by atoms with van der Waals surface area (Å²) >= 11 is 1.55. The molecule has 128 valence electrons. The van der Waals surface area contributed by atoms with Gasteiger partial charge in [-0.15, -0.1) is 0 Å². The van der Waals surface area contributed by atoms with Crippen LogP contribution < -0.4 is 15.4 Å². The molecule has 0 saturated carbocycles. The van der Waals surface area contributed by atoms with E-state index < -0.39 is 11.8 Å². The third-order valence-corrected chi connectivity index (χ3v) is 4.14. The van der Waals surface area contributed by atoms with Crippen molar-refractivity contribution in [1.82, 2.24) is 10.6 Å². The molecule has 1 atom stereocenters. The van der Waals surface area contributed by atoms with E-state index in [0.29, 0.717) is 5.75 Å². The molecule has 0 aliphatic rings. The minimum absolute atomic E-state index is 0.235. The number of ether oxygens (including phenoxy) is 2. The van der Waals surface area contributed by atoms with Crippen LogP contribution in [0.3, 0.4) is 0 Å². The first-order chi connectivity index (χ1) is 11.6. The van der Waals surface area contributed by atoms with Crippen molar-refractivity contribution in [1.29, 1.82) is 0 Å². The van der Waals surface area contributed by atoms with Crippen molar-refractivity contribution in [2.24, 2.45) is 0 Å². The van der Waals surface area contributed by atoms with Crippen LogP contribution in [0.4, 0.5) is 0 Å². The number of rotatable bonds is 7. The van der Waals surface area contributed by atoms with Crippen molar-refractivity contribution in [3.63, 3.8) is 0 Å². The number of hydrogen-bond donors (Lipinski definition) is 2. The molecule has 0 radical (unpaired) electrons. The summed E-state index contributed by atoms with van der Waals surface area (Å²) in [4.78, 5) is 23.7. The van der Waals surface area contributed by atoms with Gasteiger partial charge in [-0.1, -0.05) is 12.1 Å². The summed E-state index contributed by atoms with van der Waals surface area (Å²) in [5.41, 5.74) is 1.82. The Morgan fingerprint density at radius 1 is 1.17 bits per heavy atom. The largest absolute Gasteiger partial charge is 0.497 e. The van der Waals surface area contributed by atoms with Gasteiger partial charge in [0.2, 0.25) is 0 Å². The van der Waals surface area contributed by atoms with Crippen LogP contribution in [0, 0.1) is 0 Å². The van der Waals surface area contributed by atoms with Gasteiger partial charge in [0.25, 0.3) is 0 Å². The van der Waals surface area contributed by atoms with Gasteiger partial charge in [-0.3, -0.25) is 9.59 Å². The third kappa shape index (κ3) is 5.07. The number of amides is 2. The summed E-state index contributed by atoms with van der Waals surface area (Å²) in [6.45, 7) is 0.486. The van der Waals surface area contributed by atoms with Gasteiger partial charge in [0, 0.05) is 20.2 Å². The maximum Gasteiger partial charge on any atom is 0.309 e. The zero-order valence-corrected chi connectivity index (χ0v) is 14.4. The first-order valence-corrected chi connectivity index (χ1v) is 8.32. The van der Waals surface area contributed by atoms with Gasteiger partial charge in [-0.05, 0) is 40.1 Å². The first kappa shape index (κ1) is 18.0. The van der Waals surface area contributed by atoms with Crippen molar-refractivity contribution < 1.29 is 19.1 Å². The number of hydrogen-bond acceptors (Lipinski definition) is 5. The summed E-state index contributed by atoms with van der Waals surface area (Å²) in [6, 6.07) is 9.21. The van der Waals surface area contributed by atoms with Crippen LogP contribution in [0.2, 0.25) is 0 Å². The van der Waals surface area contributed by atoms with E-state index in [9.17, 15) is 9.59 Å². The molecule has 0 bridgehead atoms. The first-order valence-electron chi connectivity index (χ1n) is 7.38. The molecular weight excluding hydrogens is 328 g/mol. The number of benzene rings is 1. The van der Waals surface area contributed by atoms with E-state index >= 15 is 0 Å². The number of nitrogens with one attached hydrogen (secondary N) is 2. The monoisotopic (exact) mass is 348 g/mol. The second kappa shape index (κ2) is 9.05. The summed E-state index contributed by atoms with van der Waals surface area (Å²) in [5, 5.41) is 9.05. The molecule has 0 spiro atoms. The molecule has 1 aromatic carbocycles. The number of methoxy groups -OCH3 is 2. The predicted molar refractivity (Wildman–Crippen MR) is 91.9 cm³/mol. The quantitative estimate of drug-likeness (QED) is 0.749. The summed E-state index contributed by atoms with van der Waals surface area (Å²) in [7, 11) is 3.14. The van der Waals surface area contributed by atoms with Crippen LogP contribution in [0.25, 0.3) is 0 Å². The lowest BCUT2D eigenvalue weighted by atomic mass is 10.2. The Bertz CT molecular complexity index is 673. The van der Waals surface area contributed by atoms with Crippen molar-refractivity contribution in [3.05, 3.63) is 52.2 Å². The van der Waals surface area contributed by atoms with Crippen molar-refractivity contribution in [2.75, 3.05) is 20.8 Å². The van der Waals surface area contributed by atoms with E-state index in [4.69, 9.17) is 9.47 Å². The highest BCUT2D eigenvalue weighted by Crippen LogP contribution is 2.18. The Hall–Kier alpha value is -2.38. The smallest absolute Gasteiger partial charge is 0.309 e. The van der Waals surface area contributed by atoms with Crippen LogP contribution in [0.1, 0.15) is 17.2 Å². The van der Waals surface area contributed by atoms with E-state index in [2.05, 4.69) is 10.6 Å². The molecule has 1 aromatic heterocycles. The second-order valence-corrected chi connectivity index (χ2v) is 5.81. The second-order valence-electron chi connectivity index (χ2n) is 5.03. The van der Waals surface area contributed by atoms with E-state index in [1.165, 1.54) is 0 Å². The van der Waals surface area contributed by atoms with Gasteiger partial charge in [0.05, 0.1) is 7.11 Å². The molecule has 2 N–H and O–H groups in total. The van der Waals surface area contributed by atoms with Crippen LogP contribution in [0.15, 0.2) is 41.1 Å². The Morgan fingerprint density at radius 3 is 2.62 bits per heavy atom. The SMILES string of the molecule is COc1cccc(CNC(=O)C(=O)NCC(OC)c2ccsc2)c1. The minimum atomic E-state index is -0.685. The zero-order valence-electron chi connectivity index (χ0n) is 13.6. The zero-order chi connectivity index (χ0) is 17.4. The van der Waals surface area contributed by atoms with Crippen molar-refractivity contribution in [3.8, 4) is 5.75 Å². The highest BCUT2D eigenvalue weighted by Gasteiger charge is 2.17. The lowest BCUT2D eigenvalue weighted by Crippen LogP contribution is -2.41. The lowest BCUT2D eigenvalue weighted by Gasteiger charge is -2.14. The highest BCUT2D eigenvalue weighted by atomic mass is 32.1. The fourth-order valence-electron chi connectivity index (χ4n) is 2.11. The molecule has 0 fully saturated rings. The molecule has 24 heavy (non-hydrogen) atoms. The summed E-state index contributed by atoms with van der Waals surface area (Å²) in [5.74, 6) is -0.668. The molecule has 2 aromatic rings. The predicted octanol–water partition coefficient (Wildman–Crippen LogP) is 1.88. The van der Waals surface area contributed by atoms with Crippen LogP contribution in [0.5, 0.6) is 5.75 Å². The Balaban J connectivity index is 1.80. The number of carbonyl (C=O) groups is 2. The van der Waals surface area contributed by atoms with Gasteiger partial charge in [-0.25, -0.2) is 0 Å². The van der Waals surface area contributed by atoms with E-state index in [0.717, 1.165) is 11.1 Å². The molecule has 7 heteroatoms. The maximum atomic E-state index is 11.9. The van der Waals surface area contributed by atoms with Gasteiger partial charge in [-0.2, -0.15) is 11.3 Å². The summed E-state index contributed by atoms with van der Waals surface area (Å²) < 4.78 is 10.4. The third-order valence-electron chi connectivity index (χ3n) is 3.44. The fourth-order valence-corrected chi connectivity index (χ4v) is 2.81. The fraction of sp³-hybridized carbons (Fsp3) is 0.294. The van der Waals surface area contributed by atoms with Gasteiger partial charge >= 0.3 is 11.8 Å². The molecular formula is C17H20N2O4S.